The normalized spacial score (nSPS) is 10.9. The van der Waals surface area contributed by atoms with Crippen LogP contribution in [0.4, 0.5) is 11.4 Å². The molecule has 0 radical (unpaired) electrons. The van der Waals surface area contributed by atoms with E-state index in [4.69, 9.17) is 0 Å². The number of methoxy groups -OCH3 is 1. The summed E-state index contributed by atoms with van der Waals surface area (Å²) < 4.78 is 4.48. The van der Waals surface area contributed by atoms with Crippen molar-refractivity contribution in [1.82, 2.24) is 0 Å². The van der Waals surface area contributed by atoms with Gasteiger partial charge in [0, 0.05) is 11.8 Å². The number of para-hydroxylation sites is 2. The number of esters is 1. The number of hydrogen-bond acceptors (Lipinski definition) is 6. The lowest BCUT2D eigenvalue weighted by atomic mass is 10.3. The average molecular weight is 251 g/mol. The summed E-state index contributed by atoms with van der Waals surface area (Å²) in [4.78, 5) is 21.2. The average Bonchev–Trinajstić information content (AvgIpc) is 2.36. The van der Waals surface area contributed by atoms with E-state index >= 15 is 0 Å². The zero-order valence-electron chi connectivity index (χ0n) is 10.0. The summed E-state index contributed by atoms with van der Waals surface area (Å²) in [7, 11) is 1.28. The summed E-state index contributed by atoms with van der Waals surface area (Å²) in [6.45, 7) is 1.62. The Kier molecular flexibility index (Phi) is 4.79. The molecule has 18 heavy (non-hydrogen) atoms. The fourth-order valence-corrected chi connectivity index (χ4v) is 1.20. The second kappa shape index (κ2) is 6.33. The number of nitro benzene ring substituents is 1. The van der Waals surface area contributed by atoms with Gasteiger partial charge in [0.1, 0.15) is 5.69 Å². The lowest BCUT2D eigenvalue weighted by Gasteiger charge is -2.03. The second-order valence-corrected chi connectivity index (χ2v) is 3.49. The fourth-order valence-electron chi connectivity index (χ4n) is 1.20. The van der Waals surface area contributed by atoms with Crippen molar-refractivity contribution in [1.29, 1.82) is 0 Å². The molecule has 0 bridgehead atoms. The molecule has 0 saturated carbocycles. The van der Waals surface area contributed by atoms with E-state index in [0.717, 1.165) is 0 Å². The van der Waals surface area contributed by atoms with Crippen LogP contribution < -0.4 is 5.43 Å². The van der Waals surface area contributed by atoms with Gasteiger partial charge in [0.05, 0.1) is 18.5 Å². The van der Waals surface area contributed by atoms with Gasteiger partial charge >= 0.3 is 5.97 Å². The Hall–Kier alpha value is -2.44. The quantitative estimate of drug-likeness (QED) is 0.373. The highest BCUT2D eigenvalue weighted by atomic mass is 16.6. The van der Waals surface area contributed by atoms with Crippen molar-refractivity contribution in [3.63, 3.8) is 0 Å². The third-order valence-corrected chi connectivity index (χ3v) is 2.10. The number of ether oxygens (including phenoxy) is 1. The molecule has 7 heteroatoms. The number of hydrogen-bond donors (Lipinski definition) is 1. The summed E-state index contributed by atoms with van der Waals surface area (Å²) in [5.74, 6) is -0.416. The Morgan fingerprint density at radius 2 is 2.17 bits per heavy atom. The van der Waals surface area contributed by atoms with Gasteiger partial charge in [0.15, 0.2) is 0 Å². The van der Waals surface area contributed by atoms with Gasteiger partial charge in [-0.3, -0.25) is 20.3 Å². The van der Waals surface area contributed by atoms with Crippen molar-refractivity contribution in [2.45, 2.75) is 13.3 Å². The summed E-state index contributed by atoms with van der Waals surface area (Å²) in [6, 6.07) is 6.12. The molecule has 96 valence electrons. The van der Waals surface area contributed by atoms with Gasteiger partial charge in [-0.15, -0.1) is 0 Å². The van der Waals surface area contributed by atoms with Crippen LogP contribution in [0.2, 0.25) is 0 Å². The first kappa shape index (κ1) is 13.6. The van der Waals surface area contributed by atoms with Crippen LogP contribution in [-0.2, 0) is 9.53 Å². The largest absolute Gasteiger partial charge is 0.469 e. The summed E-state index contributed by atoms with van der Waals surface area (Å²) in [5, 5.41) is 14.6. The van der Waals surface area contributed by atoms with E-state index in [2.05, 4.69) is 15.3 Å². The number of hydrazone groups is 1. The van der Waals surface area contributed by atoms with E-state index in [0.29, 0.717) is 5.71 Å². The molecule has 0 heterocycles. The number of carbonyl (C=O) groups excluding carboxylic acids is 1. The molecule has 1 rings (SSSR count). The third kappa shape index (κ3) is 3.85. The van der Waals surface area contributed by atoms with Crippen LogP contribution in [-0.4, -0.2) is 23.7 Å². The number of benzene rings is 1. The van der Waals surface area contributed by atoms with Gasteiger partial charge in [0.2, 0.25) is 0 Å². The van der Waals surface area contributed by atoms with Crippen LogP contribution in [0.1, 0.15) is 13.3 Å². The van der Waals surface area contributed by atoms with Gasteiger partial charge in [-0.25, -0.2) is 0 Å². The molecular weight excluding hydrogens is 238 g/mol. The second-order valence-electron chi connectivity index (χ2n) is 3.49. The Balaban J connectivity index is 2.76. The molecule has 0 saturated heterocycles. The third-order valence-electron chi connectivity index (χ3n) is 2.10. The topological polar surface area (TPSA) is 93.8 Å². The van der Waals surface area contributed by atoms with Crippen LogP contribution >= 0.6 is 0 Å². The van der Waals surface area contributed by atoms with Gasteiger partial charge in [-0.05, 0) is 13.0 Å². The van der Waals surface area contributed by atoms with Crippen molar-refractivity contribution in [2.75, 3.05) is 12.5 Å². The van der Waals surface area contributed by atoms with E-state index in [-0.39, 0.29) is 17.8 Å². The molecule has 7 nitrogen and oxygen atoms in total. The Labute approximate surface area is 104 Å². The number of carbonyl (C=O) groups is 1. The molecule has 0 spiro atoms. The van der Waals surface area contributed by atoms with Crippen molar-refractivity contribution in [3.05, 3.63) is 34.4 Å². The van der Waals surface area contributed by atoms with Crippen LogP contribution in [0.3, 0.4) is 0 Å². The Bertz CT molecular complexity index is 485. The van der Waals surface area contributed by atoms with Crippen LogP contribution in [0.15, 0.2) is 29.4 Å². The van der Waals surface area contributed by atoms with Gasteiger partial charge in [-0.2, -0.15) is 5.10 Å². The molecular formula is C11H13N3O4. The molecule has 1 aromatic carbocycles. The molecule has 0 aromatic heterocycles. The Morgan fingerprint density at radius 1 is 1.50 bits per heavy atom. The molecule has 0 fully saturated rings. The zero-order valence-corrected chi connectivity index (χ0v) is 10.0. The molecule has 0 aliphatic rings. The maximum absolute atomic E-state index is 11.0. The van der Waals surface area contributed by atoms with Gasteiger partial charge in [0.25, 0.3) is 5.69 Å². The Morgan fingerprint density at radius 3 is 2.78 bits per heavy atom. The van der Waals surface area contributed by atoms with Crippen LogP contribution in [0.25, 0.3) is 0 Å². The van der Waals surface area contributed by atoms with Gasteiger partial charge in [-0.1, -0.05) is 12.1 Å². The van der Waals surface area contributed by atoms with Crippen molar-refractivity contribution in [2.24, 2.45) is 5.10 Å². The predicted molar refractivity (Wildman–Crippen MR) is 66.5 cm³/mol. The minimum Gasteiger partial charge on any atom is -0.469 e. The van der Waals surface area contributed by atoms with Crippen LogP contribution in [0, 0.1) is 10.1 Å². The molecule has 1 N–H and O–H groups in total. The molecule has 0 aliphatic carbocycles. The lowest BCUT2D eigenvalue weighted by molar-refractivity contribution is -0.384. The highest BCUT2D eigenvalue weighted by Gasteiger charge is 2.11. The number of nitrogens with zero attached hydrogens (tertiary/aromatic N) is 2. The lowest BCUT2D eigenvalue weighted by Crippen LogP contribution is -2.08. The standard InChI is InChI=1S/C11H13N3O4/c1-8(7-11(15)18-2)12-13-9-5-3-4-6-10(9)14(16)17/h3-6,13H,7H2,1-2H3/b12-8+. The molecule has 1 aromatic rings. The van der Waals surface area contributed by atoms with Crippen molar-refractivity contribution >= 4 is 23.1 Å². The minimum atomic E-state index is -0.506. The highest BCUT2D eigenvalue weighted by Crippen LogP contribution is 2.22. The maximum Gasteiger partial charge on any atom is 0.311 e. The van der Waals surface area contributed by atoms with E-state index in [9.17, 15) is 14.9 Å². The van der Waals surface area contributed by atoms with E-state index < -0.39 is 10.9 Å². The maximum atomic E-state index is 11.0. The zero-order chi connectivity index (χ0) is 13.5. The van der Waals surface area contributed by atoms with Gasteiger partial charge < -0.3 is 4.74 Å². The fraction of sp³-hybridized carbons (Fsp3) is 0.273. The minimum absolute atomic E-state index is 0.0319. The summed E-state index contributed by atoms with van der Waals surface area (Å²) >= 11 is 0. The first-order chi connectivity index (χ1) is 8.54. The SMILES string of the molecule is COC(=O)C/C(C)=N/Nc1ccccc1[N+](=O)[O-]. The molecule has 0 unspecified atom stereocenters. The van der Waals surface area contributed by atoms with E-state index in [1.807, 2.05) is 0 Å². The number of nitro groups is 1. The monoisotopic (exact) mass is 251 g/mol. The predicted octanol–water partition coefficient (Wildman–Crippen LogP) is 1.95. The number of nitrogens with one attached hydrogen (secondary N) is 1. The first-order valence-electron chi connectivity index (χ1n) is 5.14. The van der Waals surface area contributed by atoms with Crippen molar-refractivity contribution < 1.29 is 14.5 Å². The highest BCUT2D eigenvalue weighted by molar-refractivity contribution is 5.97. The van der Waals surface area contributed by atoms with Crippen molar-refractivity contribution in [3.8, 4) is 0 Å². The molecule has 0 amide bonds. The van der Waals surface area contributed by atoms with E-state index in [1.54, 1.807) is 19.1 Å². The number of anilines is 1. The smallest absolute Gasteiger partial charge is 0.311 e. The summed E-state index contributed by atoms with van der Waals surface area (Å²) in [6.07, 6.45) is 0.0319. The molecule has 0 atom stereocenters. The summed E-state index contributed by atoms with van der Waals surface area (Å²) in [5.41, 5.74) is 3.23. The van der Waals surface area contributed by atoms with E-state index in [1.165, 1.54) is 19.2 Å². The number of rotatable bonds is 5. The molecule has 0 aliphatic heterocycles. The first-order valence-corrected chi connectivity index (χ1v) is 5.14. The van der Waals surface area contributed by atoms with Crippen LogP contribution in [0.5, 0.6) is 0 Å².